The monoisotopic (exact) mass is 316 g/mol. The lowest BCUT2D eigenvalue weighted by Crippen LogP contribution is -1.97. The van der Waals surface area contributed by atoms with Gasteiger partial charge in [0.25, 0.3) is 0 Å². The zero-order valence-electron chi connectivity index (χ0n) is 11.9. The average Bonchev–Trinajstić information content (AvgIpc) is 3.01. The Morgan fingerprint density at radius 3 is 2.68 bits per heavy atom. The van der Waals surface area contributed by atoms with Crippen molar-refractivity contribution in [1.82, 2.24) is 4.98 Å². The molecular weight excluding hydrogens is 302 g/mol. The minimum absolute atomic E-state index is 0.133. The first-order valence-electron chi connectivity index (χ1n) is 7.22. The van der Waals surface area contributed by atoms with Gasteiger partial charge < -0.3 is 0 Å². The SMILES string of the molecule is N#CC(=C1CCCCC1)c1nc(-c2cc(F)ccc2F)cs1. The molecule has 0 unspecified atom stereocenters. The van der Waals surface area contributed by atoms with Gasteiger partial charge >= 0.3 is 0 Å². The standard InChI is InChI=1S/C17H14F2N2S/c18-12-6-7-15(19)13(8-12)16-10-22-17(21-16)14(9-20)11-4-2-1-3-5-11/h6-8,10H,1-5H2. The highest BCUT2D eigenvalue weighted by atomic mass is 32.1. The molecule has 22 heavy (non-hydrogen) atoms. The summed E-state index contributed by atoms with van der Waals surface area (Å²) in [5.41, 5.74) is 2.25. The molecule has 112 valence electrons. The van der Waals surface area contributed by atoms with Gasteiger partial charge in [-0.05, 0) is 49.5 Å². The molecule has 1 saturated carbocycles. The molecule has 1 aliphatic rings. The summed E-state index contributed by atoms with van der Waals surface area (Å²) < 4.78 is 27.1. The molecule has 0 saturated heterocycles. The van der Waals surface area contributed by atoms with Gasteiger partial charge in [-0.2, -0.15) is 5.26 Å². The molecular formula is C17H14F2N2S. The van der Waals surface area contributed by atoms with Gasteiger partial charge in [-0.25, -0.2) is 13.8 Å². The predicted octanol–water partition coefficient (Wildman–Crippen LogP) is 5.33. The lowest BCUT2D eigenvalue weighted by molar-refractivity contribution is 0.601. The van der Waals surface area contributed by atoms with Crippen LogP contribution in [0, 0.1) is 23.0 Å². The Hall–Kier alpha value is -2.06. The third-order valence-corrected chi connectivity index (χ3v) is 4.70. The van der Waals surface area contributed by atoms with Gasteiger partial charge in [0.15, 0.2) is 0 Å². The molecule has 0 aliphatic heterocycles. The van der Waals surface area contributed by atoms with E-state index >= 15 is 0 Å². The van der Waals surface area contributed by atoms with E-state index in [-0.39, 0.29) is 5.56 Å². The smallest absolute Gasteiger partial charge is 0.134 e. The molecule has 1 aromatic carbocycles. The maximum atomic E-state index is 13.8. The first kappa shape index (κ1) is 14.9. The van der Waals surface area contributed by atoms with Crippen molar-refractivity contribution in [2.24, 2.45) is 0 Å². The summed E-state index contributed by atoms with van der Waals surface area (Å²) in [7, 11) is 0. The number of halogens is 2. The maximum Gasteiger partial charge on any atom is 0.134 e. The van der Waals surface area contributed by atoms with Crippen LogP contribution in [0.15, 0.2) is 29.2 Å². The quantitative estimate of drug-likeness (QED) is 0.702. The van der Waals surface area contributed by atoms with Crippen LogP contribution in [0.25, 0.3) is 16.8 Å². The Morgan fingerprint density at radius 1 is 1.18 bits per heavy atom. The third-order valence-electron chi connectivity index (χ3n) is 3.84. The summed E-state index contributed by atoms with van der Waals surface area (Å²) in [4.78, 5) is 4.36. The minimum Gasteiger partial charge on any atom is -0.235 e. The van der Waals surface area contributed by atoms with Crippen LogP contribution in [0.5, 0.6) is 0 Å². The van der Waals surface area contributed by atoms with Crippen molar-refractivity contribution in [3.8, 4) is 17.3 Å². The van der Waals surface area contributed by atoms with E-state index in [1.807, 2.05) is 0 Å². The number of rotatable bonds is 2. The van der Waals surface area contributed by atoms with E-state index < -0.39 is 11.6 Å². The van der Waals surface area contributed by atoms with Gasteiger partial charge in [-0.15, -0.1) is 11.3 Å². The summed E-state index contributed by atoms with van der Waals surface area (Å²) in [6.07, 6.45) is 5.23. The maximum absolute atomic E-state index is 13.8. The first-order valence-corrected chi connectivity index (χ1v) is 8.10. The van der Waals surface area contributed by atoms with E-state index in [4.69, 9.17) is 0 Å². The largest absolute Gasteiger partial charge is 0.235 e. The molecule has 0 radical (unpaired) electrons. The topological polar surface area (TPSA) is 36.7 Å². The average molecular weight is 316 g/mol. The van der Waals surface area contributed by atoms with E-state index in [1.165, 1.54) is 17.8 Å². The summed E-state index contributed by atoms with van der Waals surface area (Å²) in [6, 6.07) is 5.54. The Bertz CT molecular complexity index is 763. The van der Waals surface area contributed by atoms with Crippen LogP contribution in [0.2, 0.25) is 0 Å². The van der Waals surface area contributed by atoms with E-state index in [2.05, 4.69) is 11.1 Å². The highest BCUT2D eigenvalue weighted by molar-refractivity contribution is 7.11. The van der Waals surface area contributed by atoms with Gasteiger partial charge in [0.2, 0.25) is 0 Å². The summed E-state index contributed by atoms with van der Waals surface area (Å²) in [5, 5.41) is 11.7. The number of nitrogens with zero attached hydrogens (tertiary/aromatic N) is 2. The van der Waals surface area contributed by atoms with E-state index in [1.54, 1.807) is 5.38 Å². The van der Waals surface area contributed by atoms with E-state index in [0.29, 0.717) is 16.3 Å². The Kier molecular flexibility index (Phi) is 4.30. The van der Waals surface area contributed by atoms with E-state index in [9.17, 15) is 14.0 Å². The lowest BCUT2D eigenvalue weighted by atomic mass is 9.91. The lowest BCUT2D eigenvalue weighted by Gasteiger charge is -2.14. The fourth-order valence-corrected chi connectivity index (χ4v) is 3.57. The predicted molar refractivity (Wildman–Crippen MR) is 83.1 cm³/mol. The minimum atomic E-state index is -0.512. The number of allylic oxidation sites excluding steroid dienone is 2. The van der Waals surface area contributed by atoms with Crippen LogP contribution < -0.4 is 0 Å². The molecule has 5 heteroatoms. The highest BCUT2D eigenvalue weighted by Gasteiger charge is 2.17. The molecule has 2 aromatic rings. The van der Waals surface area contributed by atoms with Crippen molar-refractivity contribution >= 4 is 16.9 Å². The van der Waals surface area contributed by atoms with Crippen molar-refractivity contribution in [2.45, 2.75) is 32.1 Å². The van der Waals surface area contributed by atoms with Crippen LogP contribution in [-0.2, 0) is 0 Å². The molecule has 1 fully saturated rings. The van der Waals surface area contributed by atoms with Crippen molar-refractivity contribution in [1.29, 1.82) is 5.26 Å². The second kappa shape index (κ2) is 6.37. The van der Waals surface area contributed by atoms with Gasteiger partial charge in [-0.1, -0.05) is 6.42 Å². The van der Waals surface area contributed by atoms with Crippen molar-refractivity contribution in [2.75, 3.05) is 0 Å². The fraction of sp³-hybridized carbons (Fsp3) is 0.294. The second-order valence-corrected chi connectivity index (χ2v) is 6.17. The number of aromatic nitrogens is 1. The number of thiazole rings is 1. The normalized spacial score (nSPS) is 14.7. The third kappa shape index (κ3) is 2.93. The van der Waals surface area contributed by atoms with Gasteiger partial charge in [0.1, 0.15) is 22.7 Å². The van der Waals surface area contributed by atoms with Crippen molar-refractivity contribution in [3.63, 3.8) is 0 Å². The zero-order valence-corrected chi connectivity index (χ0v) is 12.7. The number of hydrogen-bond donors (Lipinski definition) is 0. The molecule has 1 heterocycles. The molecule has 0 bridgehead atoms. The zero-order chi connectivity index (χ0) is 15.5. The Labute approximate surface area is 131 Å². The number of hydrogen-bond acceptors (Lipinski definition) is 3. The Balaban J connectivity index is 2.00. The van der Waals surface area contributed by atoms with Crippen LogP contribution in [0.3, 0.4) is 0 Å². The Morgan fingerprint density at radius 2 is 1.95 bits per heavy atom. The highest BCUT2D eigenvalue weighted by Crippen LogP contribution is 2.34. The molecule has 0 amide bonds. The molecule has 1 aliphatic carbocycles. The first-order chi connectivity index (χ1) is 10.7. The molecule has 0 atom stereocenters. The summed E-state index contributed by atoms with van der Waals surface area (Å²) in [6.45, 7) is 0. The second-order valence-electron chi connectivity index (χ2n) is 5.31. The van der Waals surface area contributed by atoms with Crippen LogP contribution in [-0.4, -0.2) is 4.98 Å². The number of nitriles is 1. The van der Waals surface area contributed by atoms with Gasteiger partial charge in [-0.3, -0.25) is 0 Å². The van der Waals surface area contributed by atoms with Crippen LogP contribution in [0.1, 0.15) is 37.1 Å². The molecule has 2 nitrogen and oxygen atoms in total. The molecule has 0 spiro atoms. The van der Waals surface area contributed by atoms with Crippen LogP contribution in [0.4, 0.5) is 8.78 Å². The van der Waals surface area contributed by atoms with Gasteiger partial charge in [0, 0.05) is 10.9 Å². The number of benzene rings is 1. The van der Waals surface area contributed by atoms with Crippen LogP contribution >= 0.6 is 11.3 Å². The van der Waals surface area contributed by atoms with Crippen molar-refractivity contribution in [3.05, 3.63) is 45.8 Å². The van der Waals surface area contributed by atoms with Crippen molar-refractivity contribution < 1.29 is 8.78 Å². The summed E-state index contributed by atoms with van der Waals surface area (Å²) in [5.74, 6) is -1.01. The summed E-state index contributed by atoms with van der Waals surface area (Å²) >= 11 is 1.30. The van der Waals surface area contributed by atoms with E-state index in [0.717, 1.165) is 49.5 Å². The molecule has 0 N–H and O–H groups in total. The molecule has 1 aromatic heterocycles. The van der Waals surface area contributed by atoms with Gasteiger partial charge in [0.05, 0.1) is 11.3 Å². The fourth-order valence-electron chi connectivity index (χ4n) is 2.71. The molecule has 3 rings (SSSR count).